The van der Waals surface area contributed by atoms with E-state index in [2.05, 4.69) is 5.32 Å². The number of nitrogens with one attached hydrogen (secondary N) is 1. The number of ether oxygens (including phenoxy) is 2. The fourth-order valence-corrected chi connectivity index (χ4v) is 1.95. The molecule has 2 N–H and O–H groups in total. The third kappa shape index (κ3) is 3.98. The van der Waals surface area contributed by atoms with E-state index in [1.54, 1.807) is 24.3 Å². The first kappa shape index (κ1) is 14.9. The number of benzene rings is 1. The van der Waals surface area contributed by atoms with Crippen LogP contribution in [-0.4, -0.2) is 29.8 Å². The highest BCUT2D eigenvalue weighted by Crippen LogP contribution is 2.32. The van der Waals surface area contributed by atoms with Crippen LogP contribution in [0, 0.1) is 0 Å². The number of carbonyl (C=O) groups excluding carboxylic acids is 1. The zero-order valence-electron chi connectivity index (χ0n) is 11.7. The van der Waals surface area contributed by atoms with Gasteiger partial charge in [0, 0.05) is 6.08 Å². The first-order valence-electron chi connectivity index (χ1n) is 6.71. The highest BCUT2D eigenvalue weighted by atomic mass is 16.7. The lowest BCUT2D eigenvalue weighted by atomic mass is 10.1. The Bertz CT molecular complexity index is 567. The normalized spacial score (nSPS) is 14.1. The van der Waals surface area contributed by atoms with Crippen molar-refractivity contribution in [3.63, 3.8) is 0 Å². The summed E-state index contributed by atoms with van der Waals surface area (Å²) in [5.41, 5.74) is 0.775. The van der Waals surface area contributed by atoms with Gasteiger partial charge in [-0.3, -0.25) is 4.79 Å². The van der Waals surface area contributed by atoms with Gasteiger partial charge >= 0.3 is 5.97 Å². The van der Waals surface area contributed by atoms with Crippen LogP contribution in [0.25, 0.3) is 6.08 Å². The number of carbonyl (C=O) groups is 2. The van der Waals surface area contributed by atoms with Crippen molar-refractivity contribution < 1.29 is 24.2 Å². The third-order valence-electron chi connectivity index (χ3n) is 3.02. The fourth-order valence-electron chi connectivity index (χ4n) is 1.95. The molecule has 0 aliphatic carbocycles. The molecule has 0 saturated carbocycles. The predicted molar refractivity (Wildman–Crippen MR) is 76.1 cm³/mol. The second kappa shape index (κ2) is 6.78. The van der Waals surface area contributed by atoms with Crippen molar-refractivity contribution in [3.8, 4) is 11.5 Å². The molecule has 6 heteroatoms. The number of hydrogen-bond acceptors (Lipinski definition) is 4. The molecule has 112 valence electrons. The molecule has 0 aromatic heterocycles. The summed E-state index contributed by atoms with van der Waals surface area (Å²) in [7, 11) is 0. The zero-order valence-corrected chi connectivity index (χ0v) is 11.7. The average Bonchev–Trinajstić information content (AvgIpc) is 2.92. The monoisotopic (exact) mass is 291 g/mol. The molecule has 6 nitrogen and oxygen atoms in total. The highest BCUT2D eigenvalue weighted by Gasteiger charge is 2.17. The van der Waals surface area contributed by atoms with E-state index in [0.29, 0.717) is 24.3 Å². The smallest absolute Gasteiger partial charge is 0.326 e. The highest BCUT2D eigenvalue weighted by molar-refractivity contribution is 5.94. The van der Waals surface area contributed by atoms with Gasteiger partial charge in [0.15, 0.2) is 11.5 Å². The Morgan fingerprint density at radius 2 is 2.14 bits per heavy atom. The maximum atomic E-state index is 11.7. The standard InChI is InChI=1S/C15H17NO5/c1-2-3-11(15(18)19)16-14(17)7-5-10-4-6-12-13(8-10)21-9-20-12/h4-8,11H,2-3,9H2,1H3,(H,16,17)(H,18,19)/b7-5+/t11-/m0/s1. The number of hydrogen-bond donors (Lipinski definition) is 2. The molecule has 1 heterocycles. The van der Waals surface area contributed by atoms with Gasteiger partial charge in [0.2, 0.25) is 12.7 Å². The maximum absolute atomic E-state index is 11.7. The summed E-state index contributed by atoms with van der Waals surface area (Å²) in [6, 6.07) is 4.45. The molecule has 0 saturated heterocycles. The number of fused-ring (bicyclic) bond motifs is 1. The molecule has 0 fully saturated rings. The Morgan fingerprint density at radius 3 is 2.86 bits per heavy atom. The van der Waals surface area contributed by atoms with Gasteiger partial charge in [-0.15, -0.1) is 0 Å². The first-order chi connectivity index (χ1) is 10.1. The molecule has 1 amide bonds. The van der Waals surface area contributed by atoms with Crippen molar-refractivity contribution in [3.05, 3.63) is 29.8 Å². The Morgan fingerprint density at radius 1 is 1.38 bits per heavy atom. The van der Waals surface area contributed by atoms with Crippen molar-refractivity contribution in [2.45, 2.75) is 25.8 Å². The number of amides is 1. The Labute approximate surface area is 122 Å². The van der Waals surface area contributed by atoms with E-state index in [4.69, 9.17) is 14.6 Å². The van der Waals surface area contributed by atoms with Crippen molar-refractivity contribution in [2.75, 3.05) is 6.79 Å². The largest absolute Gasteiger partial charge is 0.480 e. The van der Waals surface area contributed by atoms with E-state index in [9.17, 15) is 9.59 Å². The Kier molecular flexibility index (Phi) is 4.81. The molecule has 0 unspecified atom stereocenters. The van der Waals surface area contributed by atoms with Crippen LogP contribution < -0.4 is 14.8 Å². The van der Waals surface area contributed by atoms with E-state index in [0.717, 1.165) is 5.56 Å². The lowest BCUT2D eigenvalue weighted by Crippen LogP contribution is -2.39. The minimum atomic E-state index is -1.03. The molecule has 0 bridgehead atoms. The summed E-state index contributed by atoms with van der Waals surface area (Å²) in [4.78, 5) is 22.7. The first-order valence-corrected chi connectivity index (χ1v) is 6.71. The molecule has 21 heavy (non-hydrogen) atoms. The minimum Gasteiger partial charge on any atom is -0.480 e. The minimum absolute atomic E-state index is 0.195. The summed E-state index contributed by atoms with van der Waals surface area (Å²) >= 11 is 0. The maximum Gasteiger partial charge on any atom is 0.326 e. The van der Waals surface area contributed by atoms with Gasteiger partial charge in [-0.2, -0.15) is 0 Å². The van der Waals surface area contributed by atoms with Gasteiger partial charge in [-0.05, 0) is 30.2 Å². The Hall–Kier alpha value is -2.50. The van der Waals surface area contributed by atoms with Crippen LogP contribution in [0.4, 0.5) is 0 Å². The van der Waals surface area contributed by atoms with Crippen LogP contribution in [0.15, 0.2) is 24.3 Å². The van der Waals surface area contributed by atoms with Crippen LogP contribution in [0.5, 0.6) is 11.5 Å². The van der Waals surface area contributed by atoms with Gasteiger partial charge < -0.3 is 19.9 Å². The number of carboxylic acid groups (broad SMARTS) is 1. The average molecular weight is 291 g/mol. The van der Waals surface area contributed by atoms with Gasteiger partial charge in [0.25, 0.3) is 0 Å². The molecular weight excluding hydrogens is 274 g/mol. The molecular formula is C15H17NO5. The zero-order chi connectivity index (χ0) is 15.2. The Balaban J connectivity index is 1.97. The summed E-state index contributed by atoms with van der Waals surface area (Å²) in [5.74, 6) is -0.160. The molecule has 1 aliphatic rings. The molecule has 0 spiro atoms. The summed E-state index contributed by atoms with van der Waals surface area (Å²) < 4.78 is 10.4. The van der Waals surface area contributed by atoms with Crippen molar-refractivity contribution in [1.82, 2.24) is 5.32 Å². The van der Waals surface area contributed by atoms with E-state index in [1.165, 1.54) is 6.08 Å². The second-order valence-electron chi connectivity index (χ2n) is 4.63. The quantitative estimate of drug-likeness (QED) is 0.781. The second-order valence-corrected chi connectivity index (χ2v) is 4.63. The summed E-state index contributed by atoms with van der Waals surface area (Å²) in [6.07, 6.45) is 3.99. The lowest BCUT2D eigenvalue weighted by Gasteiger charge is -2.11. The SMILES string of the molecule is CCC[C@H](NC(=O)/C=C/c1ccc2c(c1)OCO2)C(=O)O. The molecule has 1 aliphatic heterocycles. The van der Waals surface area contributed by atoms with Gasteiger partial charge in [0.05, 0.1) is 0 Å². The van der Waals surface area contributed by atoms with Crippen LogP contribution in [0.1, 0.15) is 25.3 Å². The van der Waals surface area contributed by atoms with Crippen LogP contribution >= 0.6 is 0 Å². The van der Waals surface area contributed by atoms with Crippen molar-refractivity contribution >= 4 is 18.0 Å². The third-order valence-corrected chi connectivity index (χ3v) is 3.02. The van der Waals surface area contributed by atoms with E-state index in [1.807, 2.05) is 6.92 Å². The molecule has 1 atom stereocenters. The molecule has 2 rings (SSSR count). The number of aliphatic carboxylic acids is 1. The van der Waals surface area contributed by atoms with Crippen molar-refractivity contribution in [1.29, 1.82) is 0 Å². The van der Waals surface area contributed by atoms with Crippen LogP contribution in [-0.2, 0) is 9.59 Å². The van der Waals surface area contributed by atoms with Crippen molar-refractivity contribution in [2.24, 2.45) is 0 Å². The summed E-state index contributed by atoms with van der Waals surface area (Å²) in [5, 5.41) is 11.4. The molecule has 1 aromatic carbocycles. The van der Waals surface area contributed by atoms with E-state index >= 15 is 0 Å². The topological polar surface area (TPSA) is 84.9 Å². The predicted octanol–water partition coefficient (Wildman–Crippen LogP) is 1.80. The molecule has 1 aromatic rings. The fraction of sp³-hybridized carbons (Fsp3) is 0.333. The van der Waals surface area contributed by atoms with E-state index in [-0.39, 0.29) is 6.79 Å². The van der Waals surface area contributed by atoms with Crippen LogP contribution in [0.3, 0.4) is 0 Å². The lowest BCUT2D eigenvalue weighted by molar-refractivity contribution is -0.141. The van der Waals surface area contributed by atoms with E-state index < -0.39 is 17.9 Å². The number of rotatable bonds is 6. The summed E-state index contributed by atoms with van der Waals surface area (Å²) in [6.45, 7) is 2.06. The van der Waals surface area contributed by atoms with Crippen LogP contribution in [0.2, 0.25) is 0 Å². The molecule has 0 radical (unpaired) electrons. The van der Waals surface area contributed by atoms with Gasteiger partial charge in [0.1, 0.15) is 6.04 Å². The number of carboxylic acids is 1. The van der Waals surface area contributed by atoms with Gasteiger partial charge in [-0.25, -0.2) is 4.79 Å². The van der Waals surface area contributed by atoms with Gasteiger partial charge in [-0.1, -0.05) is 19.4 Å².